The number of hydrogen-bond acceptors (Lipinski definition) is 1. The summed E-state index contributed by atoms with van der Waals surface area (Å²) in [5.41, 5.74) is 4.53. The van der Waals surface area contributed by atoms with Crippen LogP contribution in [0.15, 0.2) is 18.2 Å². The molecule has 1 unspecified atom stereocenters. The summed E-state index contributed by atoms with van der Waals surface area (Å²) in [5.74, 6) is 0.916. The van der Waals surface area contributed by atoms with Crippen LogP contribution in [0.4, 0.5) is 0 Å². The average molecular weight is 243 g/mol. The third-order valence-corrected chi connectivity index (χ3v) is 4.95. The summed E-state index contributed by atoms with van der Waals surface area (Å²) in [5, 5.41) is 3.90. The molecule has 2 aliphatic rings. The van der Waals surface area contributed by atoms with Crippen LogP contribution in [0.5, 0.6) is 0 Å². The Hall–Kier alpha value is -0.820. The van der Waals surface area contributed by atoms with Crippen molar-refractivity contribution in [1.29, 1.82) is 0 Å². The molecule has 0 aliphatic heterocycles. The first-order valence-corrected chi connectivity index (χ1v) is 7.59. The lowest BCUT2D eigenvalue weighted by Gasteiger charge is -2.25. The van der Waals surface area contributed by atoms with Crippen LogP contribution in [0.3, 0.4) is 0 Å². The van der Waals surface area contributed by atoms with Gasteiger partial charge in [0, 0.05) is 12.1 Å². The molecule has 1 saturated carbocycles. The van der Waals surface area contributed by atoms with Gasteiger partial charge in [0.05, 0.1) is 0 Å². The minimum atomic E-state index is 0.607. The molecule has 0 heterocycles. The topological polar surface area (TPSA) is 12.0 Å². The van der Waals surface area contributed by atoms with E-state index in [4.69, 9.17) is 0 Å². The third kappa shape index (κ3) is 2.33. The van der Waals surface area contributed by atoms with Crippen molar-refractivity contribution in [2.24, 2.45) is 5.92 Å². The quantitative estimate of drug-likeness (QED) is 0.841. The van der Waals surface area contributed by atoms with Gasteiger partial charge in [0.1, 0.15) is 0 Å². The highest BCUT2D eigenvalue weighted by atomic mass is 15.0. The second kappa shape index (κ2) is 5.05. The van der Waals surface area contributed by atoms with E-state index in [1.807, 2.05) is 0 Å². The summed E-state index contributed by atoms with van der Waals surface area (Å²) < 4.78 is 0. The zero-order valence-corrected chi connectivity index (χ0v) is 11.7. The summed E-state index contributed by atoms with van der Waals surface area (Å²) in [7, 11) is 0. The number of benzene rings is 1. The summed E-state index contributed by atoms with van der Waals surface area (Å²) in [6.45, 7) is 4.60. The van der Waals surface area contributed by atoms with Gasteiger partial charge in [0.2, 0.25) is 0 Å². The molecule has 0 aromatic heterocycles. The van der Waals surface area contributed by atoms with E-state index < -0.39 is 0 Å². The molecule has 0 radical (unpaired) electrons. The van der Waals surface area contributed by atoms with Crippen molar-refractivity contribution < 1.29 is 0 Å². The molecule has 0 saturated heterocycles. The van der Waals surface area contributed by atoms with Gasteiger partial charge < -0.3 is 5.32 Å². The van der Waals surface area contributed by atoms with Crippen LogP contribution in [-0.2, 0) is 6.42 Å². The zero-order valence-electron chi connectivity index (χ0n) is 11.7. The Morgan fingerprint density at radius 1 is 1.17 bits per heavy atom. The van der Waals surface area contributed by atoms with Crippen molar-refractivity contribution in [2.45, 2.75) is 64.5 Å². The SMILES string of the molecule is Cc1ccc2c(c1)C(N[C@@H](C)C1CCCC1)CC2. The van der Waals surface area contributed by atoms with E-state index >= 15 is 0 Å². The standard InChI is InChI=1S/C17H25N/c1-12-7-8-15-9-10-17(16(15)11-12)18-13(2)14-5-3-4-6-14/h7-8,11,13-14,17-18H,3-6,9-10H2,1-2H3/t13-,17?/m0/s1. The van der Waals surface area contributed by atoms with E-state index in [9.17, 15) is 0 Å². The summed E-state index contributed by atoms with van der Waals surface area (Å²) in [6.07, 6.45) is 8.29. The number of aryl methyl sites for hydroxylation is 2. The van der Waals surface area contributed by atoms with Crippen LogP contribution in [-0.4, -0.2) is 6.04 Å². The first-order chi connectivity index (χ1) is 8.74. The van der Waals surface area contributed by atoms with Gasteiger partial charge in [-0.15, -0.1) is 0 Å². The maximum atomic E-state index is 3.90. The molecule has 18 heavy (non-hydrogen) atoms. The maximum Gasteiger partial charge on any atom is 0.0328 e. The lowest BCUT2D eigenvalue weighted by atomic mass is 9.97. The molecule has 1 N–H and O–H groups in total. The van der Waals surface area contributed by atoms with Gasteiger partial charge in [-0.3, -0.25) is 0 Å². The third-order valence-electron chi connectivity index (χ3n) is 4.95. The molecule has 1 heteroatoms. The number of fused-ring (bicyclic) bond motifs is 1. The maximum absolute atomic E-state index is 3.90. The van der Waals surface area contributed by atoms with Crippen molar-refractivity contribution in [1.82, 2.24) is 5.32 Å². The highest BCUT2D eigenvalue weighted by Crippen LogP contribution is 2.34. The number of hydrogen-bond donors (Lipinski definition) is 1. The molecule has 2 atom stereocenters. The van der Waals surface area contributed by atoms with E-state index in [0.29, 0.717) is 12.1 Å². The monoisotopic (exact) mass is 243 g/mol. The van der Waals surface area contributed by atoms with Crippen molar-refractivity contribution in [3.63, 3.8) is 0 Å². The molecule has 1 nitrogen and oxygen atoms in total. The van der Waals surface area contributed by atoms with Gasteiger partial charge in [0.25, 0.3) is 0 Å². The Labute approximate surface area is 111 Å². The Bertz CT molecular complexity index is 418. The smallest absolute Gasteiger partial charge is 0.0328 e. The van der Waals surface area contributed by atoms with Crippen LogP contribution < -0.4 is 5.32 Å². The Morgan fingerprint density at radius 3 is 2.72 bits per heavy atom. The van der Waals surface area contributed by atoms with Gasteiger partial charge in [-0.2, -0.15) is 0 Å². The van der Waals surface area contributed by atoms with Crippen molar-refractivity contribution in [3.05, 3.63) is 34.9 Å². The highest BCUT2D eigenvalue weighted by Gasteiger charge is 2.27. The molecular weight excluding hydrogens is 218 g/mol. The summed E-state index contributed by atoms with van der Waals surface area (Å²) in [6, 6.07) is 8.26. The van der Waals surface area contributed by atoms with E-state index in [1.54, 1.807) is 11.1 Å². The Kier molecular flexibility index (Phi) is 3.43. The van der Waals surface area contributed by atoms with Crippen LogP contribution in [0.2, 0.25) is 0 Å². The molecule has 0 spiro atoms. The van der Waals surface area contributed by atoms with Crippen LogP contribution in [0, 0.1) is 12.8 Å². The average Bonchev–Trinajstić information content (AvgIpc) is 2.99. The summed E-state index contributed by atoms with van der Waals surface area (Å²) >= 11 is 0. The van der Waals surface area contributed by atoms with Gasteiger partial charge in [-0.05, 0) is 56.6 Å². The van der Waals surface area contributed by atoms with E-state index in [2.05, 4.69) is 37.4 Å². The first kappa shape index (κ1) is 12.2. The molecule has 0 bridgehead atoms. The fourth-order valence-corrected chi connectivity index (χ4v) is 3.81. The van der Waals surface area contributed by atoms with E-state index in [-0.39, 0.29) is 0 Å². The minimum Gasteiger partial charge on any atom is -0.307 e. The van der Waals surface area contributed by atoms with Gasteiger partial charge in [0.15, 0.2) is 0 Å². The van der Waals surface area contributed by atoms with Gasteiger partial charge in [-0.25, -0.2) is 0 Å². The normalized spacial score (nSPS) is 25.3. The molecule has 1 aromatic rings. The Balaban J connectivity index is 1.70. The molecular formula is C17H25N. The summed E-state index contributed by atoms with van der Waals surface area (Å²) in [4.78, 5) is 0. The molecule has 3 rings (SSSR count). The zero-order chi connectivity index (χ0) is 12.5. The van der Waals surface area contributed by atoms with E-state index in [1.165, 1.54) is 44.1 Å². The van der Waals surface area contributed by atoms with Crippen LogP contribution in [0.25, 0.3) is 0 Å². The predicted molar refractivity (Wildman–Crippen MR) is 76.8 cm³/mol. The lowest BCUT2D eigenvalue weighted by molar-refractivity contribution is 0.342. The van der Waals surface area contributed by atoms with Crippen LogP contribution >= 0.6 is 0 Å². The molecule has 1 fully saturated rings. The molecule has 2 aliphatic carbocycles. The lowest BCUT2D eigenvalue weighted by Crippen LogP contribution is -2.34. The van der Waals surface area contributed by atoms with Gasteiger partial charge >= 0.3 is 0 Å². The highest BCUT2D eigenvalue weighted by molar-refractivity contribution is 5.37. The first-order valence-electron chi connectivity index (χ1n) is 7.59. The predicted octanol–water partition coefficient (Wildman–Crippen LogP) is 4.15. The number of nitrogens with one attached hydrogen (secondary N) is 1. The second-order valence-corrected chi connectivity index (χ2v) is 6.29. The minimum absolute atomic E-state index is 0.607. The van der Waals surface area contributed by atoms with E-state index in [0.717, 1.165) is 5.92 Å². The molecule has 0 amide bonds. The van der Waals surface area contributed by atoms with Crippen molar-refractivity contribution in [2.75, 3.05) is 0 Å². The van der Waals surface area contributed by atoms with Crippen LogP contribution in [0.1, 0.15) is 61.8 Å². The number of rotatable bonds is 3. The fraction of sp³-hybridized carbons (Fsp3) is 0.647. The molecule has 98 valence electrons. The van der Waals surface area contributed by atoms with Crippen molar-refractivity contribution >= 4 is 0 Å². The fourth-order valence-electron chi connectivity index (χ4n) is 3.81. The second-order valence-electron chi connectivity index (χ2n) is 6.29. The van der Waals surface area contributed by atoms with Gasteiger partial charge in [-0.1, -0.05) is 36.6 Å². The Morgan fingerprint density at radius 2 is 1.94 bits per heavy atom. The largest absolute Gasteiger partial charge is 0.307 e. The molecule has 1 aromatic carbocycles. The van der Waals surface area contributed by atoms with Crippen molar-refractivity contribution in [3.8, 4) is 0 Å².